The van der Waals surface area contributed by atoms with Gasteiger partial charge in [0, 0.05) is 12.5 Å². The maximum Gasteiger partial charge on any atom is 0.330 e. The van der Waals surface area contributed by atoms with E-state index in [0.29, 0.717) is 25.4 Å². The van der Waals surface area contributed by atoms with Crippen LogP contribution >= 0.6 is 0 Å². The molecule has 4 aliphatic rings. The Hall–Kier alpha value is -2.03. The molecule has 204 valence electrons. The first-order chi connectivity index (χ1) is 17.8. The first-order valence-corrected chi connectivity index (χ1v) is 13.6. The number of hydrogen-bond donors (Lipinski definition) is 2. The number of esters is 1. The van der Waals surface area contributed by atoms with Crippen LogP contribution in [0.3, 0.4) is 0 Å². The van der Waals surface area contributed by atoms with Crippen LogP contribution < -0.4 is 0 Å². The number of fused-ring (bicyclic) bond motifs is 3. The maximum atomic E-state index is 12.6. The van der Waals surface area contributed by atoms with E-state index in [2.05, 4.69) is 26.5 Å². The monoisotopic (exact) mass is 514 g/mol. The lowest BCUT2D eigenvalue weighted by Gasteiger charge is -2.28. The first-order valence-electron chi connectivity index (χ1n) is 13.6. The average molecular weight is 515 g/mol. The van der Waals surface area contributed by atoms with Gasteiger partial charge in [-0.05, 0) is 51.4 Å². The van der Waals surface area contributed by atoms with Crippen molar-refractivity contribution >= 4 is 5.97 Å². The number of aliphatic hydroxyl groups excluding tert-OH is 2. The van der Waals surface area contributed by atoms with Crippen molar-refractivity contribution in [1.82, 2.24) is 0 Å². The predicted octanol–water partition coefficient (Wildman–Crippen LogP) is 4.11. The first kappa shape index (κ1) is 28.0. The van der Waals surface area contributed by atoms with E-state index in [9.17, 15) is 15.0 Å². The normalized spacial score (nSPS) is 39.6. The molecule has 1 unspecified atom stereocenters. The van der Waals surface area contributed by atoms with Gasteiger partial charge in [0.1, 0.15) is 18.3 Å². The quantitative estimate of drug-likeness (QED) is 0.332. The molecule has 9 atom stereocenters. The Morgan fingerprint density at radius 2 is 1.97 bits per heavy atom. The molecular formula is C30H42O7. The minimum Gasteiger partial charge on any atom is -0.456 e. The summed E-state index contributed by atoms with van der Waals surface area (Å²) >= 11 is 0. The van der Waals surface area contributed by atoms with E-state index in [1.165, 1.54) is 11.6 Å². The van der Waals surface area contributed by atoms with Crippen LogP contribution in [0.4, 0.5) is 0 Å². The highest BCUT2D eigenvalue weighted by atomic mass is 16.6. The highest BCUT2D eigenvalue weighted by Gasteiger charge is 2.46. The summed E-state index contributed by atoms with van der Waals surface area (Å²) in [5, 5.41) is 21.7. The van der Waals surface area contributed by atoms with Crippen molar-refractivity contribution in [2.24, 2.45) is 5.92 Å². The van der Waals surface area contributed by atoms with Crippen LogP contribution in [0.25, 0.3) is 0 Å². The minimum atomic E-state index is -1.03. The summed E-state index contributed by atoms with van der Waals surface area (Å²) < 4.78 is 23.4. The highest BCUT2D eigenvalue weighted by molar-refractivity contribution is 5.82. The van der Waals surface area contributed by atoms with Crippen molar-refractivity contribution in [1.29, 1.82) is 0 Å². The molecule has 0 aliphatic carbocycles. The molecule has 4 aliphatic heterocycles. The average Bonchev–Trinajstić information content (AvgIpc) is 3.61. The minimum absolute atomic E-state index is 0.0863. The van der Waals surface area contributed by atoms with E-state index >= 15 is 0 Å². The summed E-state index contributed by atoms with van der Waals surface area (Å²) in [6.07, 6.45) is 14.3. The third kappa shape index (κ3) is 8.76. The molecule has 4 rings (SSSR count). The molecule has 1 fully saturated rings. The topological polar surface area (TPSA) is 97.8 Å². The molecule has 7 heteroatoms. The van der Waals surface area contributed by atoms with Gasteiger partial charge in [0.15, 0.2) is 0 Å². The van der Waals surface area contributed by atoms with Crippen LogP contribution in [0.5, 0.6) is 0 Å². The molecule has 0 aromatic carbocycles. The van der Waals surface area contributed by atoms with Gasteiger partial charge in [-0.1, -0.05) is 61.1 Å². The number of aliphatic hydroxyl groups is 2. The maximum absolute atomic E-state index is 12.6. The Labute approximate surface area is 220 Å². The van der Waals surface area contributed by atoms with Gasteiger partial charge in [-0.15, -0.1) is 0 Å². The van der Waals surface area contributed by atoms with Gasteiger partial charge in [0.2, 0.25) is 0 Å². The molecule has 0 radical (unpaired) electrons. The van der Waals surface area contributed by atoms with Gasteiger partial charge < -0.3 is 29.2 Å². The molecule has 37 heavy (non-hydrogen) atoms. The lowest BCUT2D eigenvalue weighted by Crippen LogP contribution is -2.32. The second-order valence-corrected chi connectivity index (χ2v) is 11.0. The zero-order valence-corrected chi connectivity index (χ0v) is 22.0. The Morgan fingerprint density at radius 1 is 1.14 bits per heavy atom. The number of cyclic esters (lactones) is 1. The molecule has 2 bridgehead atoms. The van der Waals surface area contributed by atoms with Gasteiger partial charge in [-0.2, -0.15) is 0 Å². The molecule has 0 aromatic rings. The standard InChI is InChI=1S/C30H42O7/c1-19-12-13-34-23(15-19)10-11-25(31)27-18-28-30(37-28)26(32)17-21(3)14-20(2)16-24-8-4-6-22(35-24)7-5-9-29(33)36-27/h4-6,9-12,20,22-28,30-32H,3,7-8,13-18H2,1-2H3/b9-5-,11-10+/t20-,22-,23+,24-,25-,26-,27-,28+,30?/m0/s1. The fourth-order valence-corrected chi connectivity index (χ4v) is 5.45. The van der Waals surface area contributed by atoms with Gasteiger partial charge in [-0.3, -0.25) is 0 Å². The van der Waals surface area contributed by atoms with Crippen LogP contribution in [0.2, 0.25) is 0 Å². The van der Waals surface area contributed by atoms with Crippen LogP contribution in [0, 0.1) is 5.92 Å². The number of rotatable bonds is 3. The number of hydrogen-bond acceptors (Lipinski definition) is 7. The highest BCUT2D eigenvalue weighted by Crippen LogP contribution is 2.35. The van der Waals surface area contributed by atoms with Crippen LogP contribution in [-0.4, -0.2) is 71.6 Å². The van der Waals surface area contributed by atoms with Crippen molar-refractivity contribution in [3.05, 3.63) is 60.3 Å². The SMILES string of the molecule is C=C1C[C@H](C)C[C@@H]2CC=C[C@@H](C/C=C\C(=O)O[C@H]([C@@H](O)/C=C/[C@@H]3CC(C)=CCO3)C[C@H]3OC3[C@@H](O)C1)O2. The Morgan fingerprint density at radius 3 is 2.78 bits per heavy atom. The summed E-state index contributed by atoms with van der Waals surface area (Å²) in [4.78, 5) is 12.6. The molecule has 0 amide bonds. The number of ether oxygens (including phenoxy) is 4. The van der Waals surface area contributed by atoms with Crippen molar-refractivity contribution < 1.29 is 34.0 Å². The van der Waals surface area contributed by atoms with Gasteiger partial charge in [-0.25, -0.2) is 4.79 Å². The summed E-state index contributed by atoms with van der Waals surface area (Å²) in [6.45, 7) is 8.98. The Bertz CT molecular complexity index is 919. The van der Waals surface area contributed by atoms with E-state index < -0.39 is 24.3 Å². The lowest BCUT2D eigenvalue weighted by atomic mass is 9.91. The van der Waals surface area contributed by atoms with Crippen molar-refractivity contribution in [2.75, 3.05) is 6.61 Å². The summed E-state index contributed by atoms with van der Waals surface area (Å²) in [5.74, 6) is -0.141. The third-order valence-corrected chi connectivity index (χ3v) is 7.44. The number of carbonyl (C=O) groups excluding carboxylic acids is 1. The largest absolute Gasteiger partial charge is 0.456 e. The summed E-state index contributed by atoms with van der Waals surface area (Å²) in [5.41, 5.74) is 2.23. The van der Waals surface area contributed by atoms with Crippen molar-refractivity contribution in [2.45, 2.75) is 108 Å². The van der Waals surface area contributed by atoms with E-state index in [1.54, 1.807) is 12.2 Å². The summed E-state index contributed by atoms with van der Waals surface area (Å²) in [7, 11) is 0. The Balaban J connectivity index is 1.44. The molecule has 7 nitrogen and oxygen atoms in total. The number of carbonyl (C=O) groups is 1. The van der Waals surface area contributed by atoms with Gasteiger partial charge in [0.05, 0.1) is 37.1 Å². The zero-order chi connectivity index (χ0) is 26.4. The molecule has 2 N–H and O–H groups in total. The molecule has 4 heterocycles. The lowest BCUT2D eigenvalue weighted by molar-refractivity contribution is -0.148. The molecule has 0 aromatic heterocycles. The zero-order valence-electron chi connectivity index (χ0n) is 22.0. The predicted molar refractivity (Wildman–Crippen MR) is 141 cm³/mol. The molecule has 0 saturated carbocycles. The summed E-state index contributed by atoms with van der Waals surface area (Å²) in [6, 6.07) is 0. The molecule has 0 spiro atoms. The van der Waals surface area contributed by atoms with Crippen LogP contribution in [-0.2, 0) is 23.7 Å². The van der Waals surface area contributed by atoms with E-state index in [-0.39, 0.29) is 36.9 Å². The van der Waals surface area contributed by atoms with Crippen molar-refractivity contribution in [3.8, 4) is 0 Å². The fraction of sp³-hybridized carbons (Fsp3) is 0.633. The van der Waals surface area contributed by atoms with Gasteiger partial charge in [0.25, 0.3) is 0 Å². The fourth-order valence-electron chi connectivity index (χ4n) is 5.45. The molecular weight excluding hydrogens is 472 g/mol. The van der Waals surface area contributed by atoms with Gasteiger partial charge >= 0.3 is 5.97 Å². The number of epoxide rings is 1. The third-order valence-electron chi connectivity index (χ3n) is 7.44. The van der Waals surface area contributed by atoms with Crippen LogP contribution in [0.1, 0.15) is 58.8 Å². The second-order valence-electron chi connectivity index (χ2n) is 11.0. The second kappa shape index (κ2) is 13.2. The smallest absolute Gasteiger partial charge is 0.330 e. The van der Waals surface area contributed by atoms with E-state index in [1.807, 2.05) is 18.2 Å². The van der Waals surface area contributed by atoms with Crippen LogP contribution in [0.15, 0.2) is 60.3 Å². The van der Waals surface area contributed by atoms with E-state index in [0.717, 1.165) is 31.3 Å². The molecule has 1 saturated heterocycles. The van der Waals surface area contributed by atoms with E-state index in [4.69, 9.17) is 18.9 Å². The van der Waals surface area contributed by atoms with Crippen molar-refractivity contribution in [3.63, 3.8) is 0 Å². The Kier molecular flexibility index (Phi) is 9.96.